The van der Waals surface area contributed by atoms with E-state index < -0.39 is 15.5 Å². The van der Waals surface area contributed by atoms with Crippen LogP contribution in [-0.2, 0) is 10.0 Å². The summed E-state index contributed by atoms with van der Waals surface area (Å²) >= 11 is 0. The summed E-state index contributed by atoms with van der Waals surface area (Å²) in [7, 11) is -5.53. The molecule has 22 heavy (non-hydrogen) atoms. The first-order valence-corrected chi connectivity index (χ1v) is 7.26. The van der Waals surface area contributed by atoms with E-state index >= 15 is 0 Å². The van der Waals surface area contributed by atoms with Crippen LogP contribution in [0.25, 0.3) is 0 Å². The van der Waals surface area contributed by atoms with E-state index in [2.05, 4.69) is 10.3 Å². The molecule has 2 aromatic rings. The van der Waals surface area contributed by atoms with E-state index in [1.807, 2.05) is 0 Å². The number of phenols is 1. The van der Waals surface area contributed by atoms with Crippen molar-refractivity contribution in [2.75, 3.05) is 10.0 Å². The lowest BCUT2D eigenvalue weighted by Gasteiger charge is -2.14. The van der Waals surface area contributed by atoms with Crippen LogP contribution in [0, 0.1) is 0 Å². The molecule has 118 valence electrons. The van der Waals surface area contributed by atoms with Gasteiger partial charge in [-0.15, -0.1) is 0 Å². The highest BCUT2D eigenvalue weighted by molar-refractivity contribution is 7.93. The van der Waals surface area contributed by atoms with Gasteiger partial charge in [-0.3, -0.25) is 9.71 Å². The summed E-state index contributed by atoms with van der Waals surface area (Å²) in [5.41, 5.74) is -5.27. The second-order valence-electron chi connectivity index (χ2n) is 4.14. The fourth-order valence-electron chi connectivity index (χ4n) is 1.49. The maximum atomic E-state index is 12.4. The zero-order chi connectivity index (χ0) is 16.4. The van der Waals surface area contributed by atoms with Crippen LogP contribution in [0.15, 0.2) is 42.7 Å². The summed E-state index contributed by atoms with van der Waals surface area (Å²) in [6.45, 7) is 0. The summed E-state index contributed by atoms with van der Waals surface area (Å²) in [6.07, 6.45) is 2.32. The van der Waals surface area contributed by atoms with Crippen LogP contribution < -0.4 is 10.0 Å². The first kappa shape index (κ1) is 15.9. The fraction of sp³-hybridized carbons (Fsp3) is 0.0833. The number of nitrogens with one attached hydrogen (secondary N) is 2. The number of sulfonamides is 1. The SMILES string of the molecule is O=S(=O)(Nc1ccncc1Nc1ccc(O)cc1)C(F)(F)F. The molecule has 10 heteroatoms. The molecule has 0 aliphatic rings. The highest BCUT2D eigenvalue weighted by Crippen LogP contribution is 2.30. The van der Waals surface area contributed by atoms with Crippen molar-refractivity contribution < 1.29 is 26.7 Å². The van der Waals surface area contributed by atoms with E-state index in [0.717, 1.165) is 12.3 Å². The quantitative estimate of drug-likeness (QED) is 0.749. The molecule has 1 aromatic heterocycles. The molecular formula is C12H10F3N3O3S. The minimum atomic E-state index is -5.53. The maximum Gasteiger partial charge on any atom is 0.516 e. The van der Waals surface area contributed by atoms with Gasteiger partial charge in [0.05, 0.1) is 17.6 Å². The van der Waals surface area contributed by atoms with Crippen molar-refractivity contribution in [2.24, 2.45) is 0 Å². The monoisotopic (exact) mass is 333 g/mol. The number of aromatic nitrogens is 1. The highest BCUT2D eigenvalue weighted by atomic mass is 32.2. The Morgan fingerprint density at radius 2 is 1.68 bits per heavy atom. The first-order valence-electron chi connectivity index (χ1n) is 5.78. The number of benzene rings is 1. The zero-order valence-corrected chi connectivity index (χ0v) is 11.6. The van der Waals surface area contributed by atoms with Gasteiger partial charge in [-0.2, -0.15) is 21.6 Å². The second-order valence-corrected chi connectivity index (χ2v) is 5.82. The fourth-order valence-corrected chi connectivity index (χ4v) is 2.07. The molecule has 0 saturated carbocycles. The molecular weight excluding hydrogens is 323 g/mol. The van der Waals surface area contributed by atoms with Crippen LogP contribution in [0.5, 0.6) is 5.75 Å². The van der Waals surface area contributed by atoms with Gasteiger partial charge in [-0.1, -0.05) is 0 Å². The van der Waals surface area contributed by atoms with E-state index in [0.29, 0.717) is 5.69 Å². The molecule has 0 unspecified atom stereocenters. The lowest BCUT2D eigenvalue weighted by atomic mass is 10.3. The summed E-state index contributed by atoms with van der Waals surface area (Å²) in [4.78, 5) is 3.72. The number of aromatic hydroxyl groups is 1. The largest absolute Gasteiger partial charge is 0.516 e. The zero-order valence-electron chi connectivity index (χ0n) is 10.8. The molecule has 2 rings (SSSR count). The minimum absolute atomic E-state index is 0.00901. The molecule has 0 aliphatic carbocycles. The Kier molecular flexibility index (Phi) is 4.13. The third-order valence-electron chi connectivity index (χ3n) is 2.52. The van der Waals surface area contributed by atoms with Crippen molar-refractivity contribution in [3.8, 4) is 5.75 Å². The van der Waals surface area contributed by atoms with E-state index in [-0.39, 0.29) is 17.1 Å². The first-order chi connectivity index (χ1) is 10.2. The molecule has 0 amide bonds. The van der Waals surface area contributed by atoms with E-state index in [9.17, 15) is 21.6 Å². The number of alkyl halides is 3. The van der Waals surface area contributed by atoms with Crippen molar-refractivity contribution >= 4 is 27.1 Å². The Balaban J connectivity index is 2.29. The van der Waals surface area contributed by atoms with Crippen molar-refractivity contribution in [2.45, 2.75) is 5.51 Å². The van der Waals surface area contributed by atoms with E-state index in [4.69, 9.17) is 5.11 Å². The van der Waals surface area contributed by atoms with Crippen LogP contribution in [0.2, 0.25) is 0 Å². The molecule has 0 fully saturated rings. The lowest BCUT2D eigenvalue weighted by molar-refractivity contribution is -0.0429. The number of halogens is 3. The summed E-state index contributed by atoms with van der Waals surface area (Å²) in [6, 6.07) is 6.73. The molecule has 1 aromatic carbocycles. The van der Waals surface area contributed by atoms with E-state index in [1.165, 1.54) is 35.2 Å². The van der Waals surface area contributed by atoms with Gasteiger partial charge in [0, 0.05) is 11.9 Å². The maximum absolute atomic E-state index is 12.4. The number of phenolic OH excluding ortho intramolecular Hbond substituents is 1. The van der Waals surface area contributed by atoms with Crippen LogP contribution in [0.3, 0.4) is 0 Å². The standard InChI is InChI=1S/C12H10F3N3O3S/c13-12(14,15)22(20,21)18-10-5-6-16-7-11(10)17-8-1-3-9(19)4-2-8/h1-7,17,19H,(H,16,18). The third kappa shape index (κ3) is 3.58. The predicted octanol–water partition coefficient (Wildman–Crippen LogP) is 2.79. The average Bonchev–Trinajstić information content (AvgIpc) is 2.42. The molecule has 1 heterocycles. The van der Waals surface area contributed by atoms with Crippen LogP contribution in [0.4, 0.5) is 30.2 Å². The smallest absolute Gasteiger partial charge is 0.508 e. The topological polar surface area (TPSA) is 91.3 Å². The Morgan fingerprint density at radius 1 is 1.05 bits per heavy atom. The van der Waals surface area contributed by atoms with E-state index in [1.54, 1.807) is 0 Å². The number of rotatable bonds is 4. The number of hydrogen-bond acceptors (Lipinski definition) is 5. The van der Waals surface area contributed by atoms with Gasteiger partial charge < -0.3 is 10.4 Å². The molecule has 6 nitrogen and oxygen atoms in total. The minimum Gasteiger partial charge on any atom is -0.508 e. The average molecular weight is 333 g/mol. The van der Waals surface area contributed by atoms with Gasteiger partial charge in [0.1, 0.15) is 5.75 Å². The van der Waals surface area contributed by atoms with Crippen molar-refractivity contribution in [1.29, 1.82) is 0 Å². The summed E-state index contributed by atoms with van der Waals surface area (Å²) in [5, 5.41) is 11.9. The molecule has 0 radical (unpaired) electrons. The van der Waals surface area contributed by atoms with Gasteiger partial charge >= 0.3 is 15.5 Å². The summed E-state index contributed by atoms with van der Waals surface area (Å²) in [5.74, 6) is 0.00901. The molecule has 0 aliphatic heterocycles. The van der Waals surface area contributed by atoms with Gasteiger partial charge in [0.2, 0.25) is 0 Å². The molecule has 0 spiro atoms. The van der Waals surface area contributed by atoms with Crippen LogP contribution in [-0.4, -0.2) is 24.0 Å². The second kappa shape index (κ2) is 5.72. The predicted molar refractivity (Wildman–Crippen MR) is 74.2 cm³/mol. The molecule has 3 N–H and O–H groups in total. The number of nitrogens with zero attached hydrogens (tertiary/aromatic N) is 1. The van der Waals surface area contributed by atoms with Crippen LogP contribution in [0.1, 0.15) is 0 Å². The Morgan fingerprint density at radius 3 is 2.27 bits per heavy atom. The molecule has 0 bridgehead atoms. The van der Waals surface area contributed by atoms with Crippen LogP contribution >= 0.6 is 0 Å². The lowest BCUT2D eigenvalue weighted by Crippen LogP contribution is -2.30. The number of anilines is 3. The normalized spacial score (nSPS) is 12.0. The molecule has 0 saturated heterocycles. The molecule has 0 atom stereocenters. The number of hydrogen-bond donors (Lipinski definition) is 3. The van der Waals surface area contributed by atoms with Gasteiger partial charge in [-0.05, 0) is 30.3 Å². The summed E-state index contributed by atoms with van der Waals surface area (Å²) < 4.78 is 61.0. The van der Waals surface area contributed by atoms with Crippen molar-refractivity contribution in [3.63, 3.8) is 0 Å². The van der Waals surface area contributed by atoms with Crippen molar-refractivity contribution in [1.82, 2.24) is 4.98 Å². The third-order valence-corrected chi connectivity index (χ3v) is 3.61. The highest BCUT2D eigenvalue weighted by Gasteiger charge is 2.46. The Bertz CT molecular complexity index is 761. The number of pyridine rings is 1. The van der Waals surface area contributed by atoms with Gasteiger partial charge in [-0.25, -0.2) is 0 Å². The Hall–Kier alpha value is -2.49. The van der Waals surface area contributed by atoms with Crippen molar-refractivity contribution in [3.05, 3.63) is 42.7 Å². The van der Waals surface area contributed by atoms with Gasteiger partial charge in [0.25, 0.3) is 0 Å². The Labute approximate surface area is 123 Å². The van der Waals surface area contributed by atoms with Gasteiger partial charge in [0.15, 0.2) is 0 Å².